The normalized spacial score (nSPS) is 18.5. The van der Waals surface area contributed by atoms with Crippen molar-refractivity contribution in [2.45, 2.75) is 98.2 Å². The Balaban J connectivity index is 1.89. The van der Waals surface area contributed by atoms with Gasteiger partial charge in [0.1, 0.15) is 5.75 Å². The van der Waals surface area contributed by atoms with Gasteiger partial charge < -0.3 is 9.47 Å². The SMILES string of the molecule is CCC(C)c1ccc(OC(CC(C)(C)C)OCCC2CCCCC2)cc1. The van der Waals surface area contributed by atoms with Crippen LogP contribution in [0, 0.1) is 11.3 Å². The smallest absolute Gasteiger partial charge is 0.200 e. The molecular weight excluding hydrogens is 320 g/mol. The van der Waals surface area contributed by atoms with Crippen molar-refractivity contribution in [1.29, 1.82) is 0 Å². The minimum Gasteiger partial charge on any atom is -0.465 e. The number of benzene rings is 1. The third kappa shape index (κ3) is 7.70. The second-order valence-corrected chi connectivity index (χ2v) is 9.35. The van der Waals surface area contributed by atoms with Gasteiger partial charge in [-0.15, -0.1) is 0 Å². The molecule has 0 bridgehead atoms. The first-order valence-corrected chi connectivity index (χ1v) is 10.8. The highest BCUT2D eigenvalue weighted by molar-refractivity contribution is 5.29. The van der Waals surface area contributed by atoms with E-state index in [1.54, 1.807) is 0 Å². The molecule has 1 aromatic carbocycles. The summed E-state index contributed by atoms with van der Waals surface area (Å²) >= 11 is 0. The van der Waals surface area contributed by atoms with Crippen molar-refractivity contribution in [3.63, 3.8) is 0 Å². The van der Waals surface area contributed by atoms with E-state index in [-0.39, 0.29) is 11.7 Å². The predicted octanol–water partition coefficient (Wildman–Crippen LogP) is 7.33. The quantitative estimate of drug-likeness (QED) is 0.429. The van der Waals surface area contributed by atoms with Crippen LogP contribution in [0.25, 0.3) is 0 Å². The molecule has 1 aromatic rings. The zero-order valence-corrected chi connectivity index (χ0v) is 17.7. The third-order valence-corrected chi connectivity index (χ3v) is 5.66. The van der Waals surface area contributed by atoms with Crippen molar-refractivity contribution < 1.29 is 9.47 Å². The lowest BCUT2D eigenvalue weighted by atomic mass is 9.87. The van der Waals surface area contributed by atoms with Gasteiger partial charge in [0.15, 0.2) is 6.29 Å². The van der Waals surface area contributed by atoms with Crippen LogP contribution in [0.2, 0.25) is 0 Å². The summed E-state index contributed by atoms with van der Waals surface area (Å²) in [7, 11) is 0. The van der Waals surface area contributed by atoms with Crippen LogP contribution in [-0.2, 0) is 4.74 Å². The fraction of sp³-hybridized carbons (Fsp3) is 0.750. The van der Waals surface area contributed by atoms with Gasteiger partial charge in [-0.3, -0.25) is 0 Å². The largest absolute Gasteiger partial charge is 0.465 e. The molecule has 0 radical (unpaired) electrons. The summed E-state index contributed by atoms with van der Waals surface area (Å²) in [4.78, 5) is 0. The second kappa shape index (κ2) is 10.3. The molecule has 1 aliphatic carbocycles. The first-order chi connectivity index (χ1) is 12.4. The monoisotopic (exact) mass is 360 g/mol. The molecule has 26 heavy (non-hydrogen) atoms. The fourth-order valence-electron chi connectivity index (χ4n) is 3.74. The molecule has 148 valence electrons. The highest BCUT2D eigenvalue weighted by atomic mass is 16.7. The molecule has 2 atom stereocenters. The van der Waals surface area contributed by atoms with Gasteiger partial charge >= 0.3 is 0 Å². The maximum absolute atomic E-state index is 6.23. The standard InChI is InChI=1S/C24H40O2/c1-6-19(2)21-12-14-22(15-13-21)26-23(18-24(3,4)5)25-17-16-20-10-8-7-9-11-20/h12-15,19-20,23H,6-11,16-18H2,1-5H3. The van der Waals surface area contributed by atoms with Crippen LogP contribution in [0.4, 0.5) is 0 Å². The van der Waals surface area contributed by atoms with Crippen LogP contribution >= 0.6 is 0 Å². The van der Waals surface area contributed by atoms with E-state index in [0.717, 1.165) is 31.1 Å². The lowest BCUT2D eigenvalue weighted by Crippen LogP contribution is -2.27. The van der Waals surface area contributed by atoms with Crippen molar-refractivity contribution in [2.75, 3.05) is 6.61 Å². The molecule has 2 rings (SSSR count). The van der Waals surface area contributed by atoms with Gasteiger partial charge in [-0.05, 0) is 47.8 Å². The highest BCUT2D eigenvalue weighted by Gasteiger charge is 2.22. The summed E-state index contributed by atoms with van der Waals surface area (Å²) in [5.74, 6) is 2.37. The number of rotatable bonds is 9. The van der Waals surface area contributed by atoms with Gasteiger partial charge in [-0.2, -0.15) is 0 Å². The Morgan fingerprint density at radius 2 is 1.69 bits per heavy atom. The molecule has 1 aliphatic rings. The van der Waals surface area contributed by atoms with Crippen molar-refractivity contribution in [1.82, 2.24) is 0 Å². The molecule has 2 heteroatoms. The van der Waals surface area contributed by atoms with Gasteiger partial charge in [0.25, 0.3) is 0 Å². The van der Waals surface area contributed by atoms with Gasteiger partial charge in [0.2, 0.25) is 0 Å². The van der Waals surface area contributed by atoms with Crippen LogP contribution in [-0.4, -0.2) is 12.9 Å². The van der Waals surface area contributed by atoms with Crippen molar-refractivity contribution in [3.8, 4) is 5.75 Å². The topological polar surface area (TPSA) is 18.5 Å². The molecule has 0 aromatic heterocycles. The molecular formula is C24H40O2. The van der Waals surface area contributed by atoms with Crippen LogP contribution in [0.5, 0.6) is 5.75 Å². The van der Waals surface area contributed by atoms with Crippen LogP contribution in [0.3, 0.4) is 0 Å². The van der Waals surface area contributed by atoms with Crippen molar-refractivity contribution in [2.24, 2.45) is 11.3 Å². The van der Waals surface area contributed by atoms with Crippen LogP contribution in [0.1, 0.15) is 97.5 Å². The summed E-state index contributed by atoms with van der Waals surface area (Å²) < 4.78 is 12.4. The number of hydrogen-bond acceptors (Lipinski definition) is 2. The molecule has 1 saturated carbocycles. The van der Waals surface area contributed by atoms with Crippen molar-refractivity contribution in [3.05, 3.63) is 29.8 Å². The Hall–Kier alpha value is -1.02. The minimum absolute atomic E-state index is 0.159. The van der Waals surface area contributed by atoms with E-state index in [1.807, 2.05) is 0 Å². The van der Waals surface area contributed by atoms with Gasteiger partial charge in [-0.1, -0.05) is 78.9 Å². The molecule has 0 aliphatic heterocycles. The maximum Gasteiger partial charge on any atom is 0.200 e. The Morgan fingerprint density at radius 3 is 2.27 bits per heavy atom. The predicted molar refractivity (Wildman–Crippen MR) is 111 cm³/mol. The number of hydrogen-bond donors (Lipinski definition) is 0. The van der Waals surface area contributed by atoms with E-state index in [2.05, 4.69) is 58.9 Å². The zero-order chi connectivity index (χ0) is 19.0. The Kier molecular flexibility index (Phi) is 8.47. The van der Waals surface area contributed by atoms with E-state index < -0.39 is 0 Å². The van der Waals surface area contributed by atoms with Gasteiger partial charge in [-0.25, -0.2) is 0 Å². The lowest BCUT2D eigenvalue weighted by Gasteiger charge is -2.28. The van der Waals surface area contributed by atoms with E-state index >= 15 is 0 Å². The first-order valence-electron chi connectivity index (χ1n) is 10.8. The summed E-state index contributed by atoms with van der Waals surface area (Å²) in [5.41, 5.74) is 1.57. The molecule has 1 fully saturated rings. The van der Waals surface area contributed by atoms with E-state index in [4.69, 9.17) is 9.47 Å². The molecule has 2 nitrogen and oxygen atoms in total. The van der Waals surface area contributed by atoms with Crippen molar-refractivity contribution >= 4 is 0 Å². The lowest BCUT2D eigenvalue weighted by molar-refractivity contribution is -0.103. The fourth-order valence-corrected chi connectivity index (χ4v) is 3.74. The van der Waals surface area contributed by atoms with E-state index in [1.165, 1.54) is 44.1 Å². The Bertz CT molecular complexity index is 494. The zero-order valence-electron chi connectivity index (χ0n) is 17.7. The maximum atomic E-state index is 6.23. The molecule has 2 unspecified atom stereocenters. The van der Waals surface area contributed by atoms with Crippen LogP contribution in [0.15, 0.2) is 24.3 Å². The Labute approximate surface area is 161 Å². The molecule has 0 saturated heterocycles. The number of ether oxygens (including phenoxy) is 2. The highest BCUT2D eigenvalue weighted by Crippen LogP contribution is 2.29. The average molecular weight is 361 g/mol. The molecule has 0 N–H and O–H groups in total. The van der Waals surface area contributed by atoms with E-state index in [9.17, 15) is 0 Å². The summed E-state index contributed by atoms with van der Waals surface area (Å²) in [6.45, 7) is 12.1. The third-order valence-electron chi connectivity index (χ3n) is 5.66. The summed E-state index contributed by atoms with van der Waals surface area (Å²) in [6, 6.07) is 8.59. The van der Waals surface area contributed by atoms with E-state index in [0.29, 0.717) is 5.92 Å². The second-order valence-electron chi connectivity index (χ2n) is 9.35. The summed E-state index contributed by atoms with van der Waals surface area (Å²) in [5, 5.41) is 0. The van der Waals surface area contributed by atoms with Crippen LogP contribution < -0.4 is 4.74 Å². The molecule has 0 spiro atoms. The molecule has 0 heterocycles. The summed E-state index contributed by atoms with van der Waals surface area (Å²) in [6.07, 6.45) is 10.1. The Morgan fingerprint density at radius 1 is 1.04 bits per heavy atom. The van der Waals surface area contributed by atoms with Gasteiger partial charge in [0.05, 0.1) is 6.61 Å². The minimum atomic E-state index is -0.159. The average Bonchev–Trinajstić information content (AvgIpc) is 2.61. The van der Waals surface area contributed by atoms with Gasteiger partial charge in [0, 0.05) is 6.42 Å². The molecule has 0 amide bonds. The first kappa shape index (κ1) is 21.3.